The highest BCUT2D eigenvalue weighted by molar-refractivity contribution is 5.88. The summed E-state index contributed by atoms with van der Waals surface area (Å²) in [6.45, 7) is 7.63. The Labute approximate surface area is 183 Å². The molecule has 2 aliphatic rings. The number of hydrogen-bond donors (Lipinski definition) is 0. The third-order valence-electron chi connectivity index (χ3n) is 6.21. The third-order valence-corrected chi connectivity index (χ3v) is 6.21. The SMILES string of the molecule is CC(c1ccc(-c2ccc3cc(OCC4OCCO4)ccc3c2)cc1)N1CCOCC1. The average Bonchev–Trinajstić information content (AvgIpc) is 3.36. The molecule has 2 heterocycles. The summed E-state index contributed by atoms with van der Waals surface area (Å²) in [6, 6.07) is 22.1. The lowest BCUT2D eigenvalue weighted by Gasteiger charge is -2.32. The first-order valence-corrected chi connectivity index (χ1v) is 11.1. The van der Waals surface area contributed by atoms with Crippen LogP contribution in [0.4, 0.5) is 0 Å². The largest absolute Gasteiger partial charge is 0.488 e. The molecule has 5 rings (SSSR count). The number of rotatable bonds is 6. The summed E-state index contributed by atoms with van der Waals surface area (Å²) in [4.78, 5) is 2.49. The molecular formula is C26H29NO4. The summed E-state index contributed by atoms with van der Waals surface area (Å²) < 4.78 is 22.2. The van der Waals surface area contributed by atoms with Gasteiger partial charge >= 0.3 is 0 Å². The standard InChI is InChI=1S/C26H29NO4/c1-19(27-10-12-28-13-11-27)20-2-4-21(5-3-20)22-6-7-24-17-25(9-8-23(24)16-22)31-18-26-29-14-15-30-26/h2-9,16-17,19,26H,10-15,18H2,1H3. The van der Waals surface area contributed by atoms with E-state index in [9.17, 15) is 0 Å². The molecule has 5 heteroatoms. The first kappa shape index (κ1) is 20.5. The molecule has 0 aromatic heterocycles. The molecule has 0 aliphatic carbocycles. The topological polar surface area (TPSA) is 40.2 Å². The third kappa shape index (κ3) is 4.75. The zero-order valence-electron chi connectivity index (χ0n) is 18.0. The molecule has 0 saturated carbocycles. The van der Waals surface area contributed by atoms with Gasteiger partial charge < -0.3 is 18.9 Å². The molecule has 1 atom stereocenters. The van der Waals surface area contributed by atoms with Gasteiger partial charge in [-0.2, -0.15) is 0 Å². The van der Waals surface area contributed by atoms with Crippen LogP contribution in [0.1, 0.15) is 18.5 Å². The van der Waals surface area contributed by atoms with Crippen LogP contribution < -0.4 is 4.74 Å². The van der Waals surface area contributed by atoms with E-state index in [0.717, 1.165) is 37.4 Å². The summed E-state index contributed by atoms with van der Waals surface area (Å²) in [5, 5.41) is 2.36. The maximum absolute atomic E-state index is 5.84. The van der Waals surface area contributed by atoms with E-state index in [4.69, 9.17) is 18.9 Å². The zero-order chi connectivity index (χ0) is 21.0. The highest BCUT2D eigenvalue weighted by atomic mass is 16.7. The summed E-state index contributed by atoms with van der Waals surface area (Å²) in [5.74, 6) is 0.834. The molecule has 3 aromatic rings. The van der Waals surface area contributed by atoms with Gasteiger partial charge in [0.15, 0.2) is 6.29 Å². The van der Waals surface area contributed by atoms with Crippen molar-refractivity contribution in [3.63, 3.8) is 0 Å². The number of fused-ring (bicyclic) bond motifs is 1. The Morgan fingerprint density at radius 1 is 0.839 bits per heavy atom. The van der Waals surface area contributed by atoms with Gasteiger partial charge in [0.05, 0.1) is 26.4 Å². The van der Waals surface area contributed by atoms with Crippen molar-refractivity contribution < 1.29 is 18.9 Å². The Hall–Kier alpha value is -2.44. The minimum Gasteiger partial charge on any atom is -0.488 e. The van der Waals surface area contributed by atoms with Gasteiger partial charge in [-0.05, 0) is 52.6 Å². The molecule has 0 amide bonds. The maximum atomic E-state index is 5.84. The van der Waals surface area contributed by atoms with Gasteiger partial charge in [0, 0.05) is 19.1 Å². The minimum absolute atomic E-state index is 0.257. The van der Waals surface area contributed by atoms with E-state index in [1.165, 1.54) is 22.1 Å². The monoisotopic (exact) mass is 419 g/mol. The quantitative estimate of drug-likeness (QED) is 0.582. The predicted octanol–water partition coefficient (Wildman–Crippen LogP) is 4.65. The maximum Gasteiger partial charge on any atom is 0.191 e. The number of benzene rings is 3. The van der Waals surface area contributed by atoms with Gasteiger partial charge in [-0.3, -0.25) is 4.90 Å². The summed E-state index contributed by atoms with van der Waals surface area (Å²) in [5.41, 5.74) is 3.80. The van der Waals surface area contributed by atoms with Crippen molar-refractivity contribution in [1.29, 1.82) is 0 Å². The van der Waals surface area contributed by atoms with Gasteiger partial charge in [-0.25, -0.2) is 0 Å². The lowest BCUT2D eigenvalue weighted by molar-refractivity contribution is -0.0683. The number of nitrogens with zero attached hydrogens (tertiary/aromatic N) is 1. The first-order chi connectivity index (χ1) is 15.3. The van der Waals surface area contributed by atoms with Crippen LogP contribution in [0.15, 0.2) is 60.7 Å². The number of morpholine rings is 1. The van der Waals surface area contributed by atoms with E-state index in [1.54, 1.807) is 0 Å². The molecule has 2 saturated heterocycles. The highest BCUT2D eigenvalue weighted by Gasteiger charge is 2.18. The summed E-state index contributed by atoms with van der Waals surface area (Å²) >= 11 is 0. The highest BCUT2D eigenvalue weighted by Crippen LogP contribution is 2.29. The number of ether oxygens (including phenoxy) is 4. The molecule has 0 radical (unpaired) electrons. The van der Waals surface area contributed by atoms with E-state index < -0.39 is 0 Å². The van der Waals surface area contributed by atoms with Gasteiger partial charge in [0.25, 0.3) is 0 Å². The van der Waals surface area contributed by atoms with Gasteiger partial charge in [0.2, 0.25) is 0 Å². The predicted molar refractivity (Wildman–Crippen MR) is 121 cm³/mol. The van der Waals surface area contributed by atoms with Crippen LogP contribution in [-0.2, 0) is 14.2 Å². The average molecular weight is 420 g/mol. The van der Waals surface area contributed by atoms with Crippen molar-refractivity contribution in [2.75, 3.05) is 46.1 Å². The van der Waals surface area contributed by atoms with Crippen LogP contribution in [0.2, 0.25) is 0 Å². The summed E-state index contributed by atoms with van der Waals surface area (Å²) in [7, 11) is 0. The van der Waals surface area contributed by atoms with Crippen LogP contribution in [0.5, 0.6) is 5.75 Å². The Balaban J connectivity index is 1.28. The first-order valence-electron chi connectivity index (χ1n) is 11.1. The lowest BCUT2D eigenvalue weighted by atomic mass is 9.98. The van der Waals surface area contributed by atoms with Crippen LogP contribution in [0.3, 0.4) is 0 Å². The molecule has 31 heavy (non-hydrogen) atoms. The van der Waals surface area contributed by atoms with Crippen LogP contribution in [-0.4, -0.2) is 57.3 Å². The van der Waals surface area contributed by atoms with E-state index in [1.807, 2.05) is 6.07 Å². The molecule has 2 aliphatic heterocycles. The van der Waals surface area contributed by atoms with Crippen LogP contribution in [0.25, 0.3) is 21.9 Å². The molecule has 0 N–H and O–H groups in total. The van der Waals surface area contributed by atoms with E-state index in [-0.39, 0.29) is 6.29 Å². The second-order valence-corrected chi connectivity index (χ2v) is 8.15. The second kappa shape index (κ2) is 9.37. The Bertz CT molecular complexity index is 1010. The second-order valence-electron chi connectivity index (χ2n) is 8.15. The fraction of sp³-hybridized carbons (Fsp3) is 0.385. The number of hydrogen-bond acceptors (Lipinski definition) is 5. The van der Waals surface area contributed by atoms with Crippen molar-refractivity contribution in [3.8, 4) is 16.9 Å². The van der Waals surface area contributed by atoms with Gasteiger partial charge in [-0.1, -0.05) is 42.5 Å². The molecule has 1 unspecified atom stereocenters. The normalized spacial score (nSPS) is 19.0. The molecular weight excluding hydrogens is 390 g/mol. The molecule has 2 fully saturated rings. The molecule has 0 bridgehead atoms. The smallest absolute Gasteiger partial charge is 0.191 e. The van der Waals surface area contributed by atoms with E-state index in [2.05, 4.69) is 66.4 Å². The van der Waals surface area contributed by atoms with Crippen molar-refractivity contribution in [1.82, 2.24) is 4.90 Å². The van der Waals surface area contributed by atoms with Gasteiger partial charge in [-0.15, -0.1) is 0 Å². The van der Waals surface area contributed by atoms with Crippen molar-refractivity contribution in [2.24, 2.45) is 0 Å². The minimum atomic E-state index is -0.257. The molecule has 0 spiro atoms. The van der Waals surface area contributed by atoms with E-state index >= 15 is 0 Å². The Kier molecular flexibility index (Phi) is 6.18. The fourth-order valence-electron chi connectivity index (χ4n) is 4.29. The lowest BCUT2D eigenvalue weighted by Crippen LogP contribution is -2.37. The van der Waals surface area contributed by atoms with Crippen molar-refractivity contribution >= 4 is 10.8 Å². The molecule has 3 aromatic carbocycles. The van der Waals surface area contributed by atoms with Gasteiger partial charge in [0.1, 0.15) is 12.4 Å². The Morgan fingerprint density at radius 3 is 2.29 bits per heavy atom. The zero-order valence-corrected chi connectivity index (χ0v) is 18.0. The molecule has 5 nitrogen and oxygen atoms in total. The molecule has 162 valence electrons. The summed E-state index contributed by atoms with van der Waals surface area (Å²) in [6.07, 6.45) is -0.257. The fourth-order valence-corrected chi connectivity index (χ4v) is 4.29. The van der Waals surface area contributed by atoms with Crippen LogP contribution >= 0.6 is 0 Å². The van der Waals surface area contributed by atoms with Crippen molar-refractivity contribution in [2.45, 2.75) is 19.3 Å². The van der Waals surface area contributed by atoms with Crippen LogP contribution in [0, 0.1) is 0 Å². The van der Waals surface area contributed by atoms with E-state index in [0.29, 0.717) is 25.9 Å². The Morgan fingerprint density at radius 2 is 1.52 bits per heavy atom. The van der Waals surface area contributed by atoms with Crippen molar-refractivity contribution in [3.05, 3.63) is 66.2 Å².